The maximum absolute atomic E-state index is 13.3. The number of likely N-dealkylation sites (tertiary alicyclic amines) is 1. The zero-order valence-electron chi connectivity index (χ0n) is 24.0. The predicted octanol–water partition coefficient (Wildman–Crippen LogP) is 5.60. The maximum Gasteiger partial charge on any atom is 0.417 e. The number of nitrogens with zero attached hydrogens (tertiary/aromatic N) is 5. The molecule has 0 saturated carbocycles. The number of aromatic nitrogens is 4. The highest BCUT2D eigenvalue weighted by Crippen LogP contribution is 2.34. The van der Waals surface area contributed by atoms with Crippen LogP contribution in [0.5, 0.6) is 0 Å². The van der Waals surface area contributed by atoms with Crippen molar-refractivity contribution in [1.82, 2.24) is 30.0 Å². The molecule has 0 spiro atoms. The van der Waals surface area contributed by atoms with Crippen LogP contribution in [0.1, 0.15) is 61.1 Å². The first-order valence-electron chi connectivity index (χ1n) is 13.8. The normalized spacial score (nSPS) is 15.9. The van der Waals surface area contributed by atoms with E-state index >= 15 is 0 Å². The zero-order chi connectivity index (χ0) is 30.9. The van der Waals surface area contributed by atoms with Crippen molar-refractivity contribution in [3.8, 4) is 11.3 Å². The number of hydrogen-bond acceptors (Lipinski definition) is 7. The minimum atomic E-state index is -4.64. The number of ether oxygens (including phenoxy) is 1. The number of hydrogen-bond donors (Lipinski definition) is 2. The second-order valence-electron chi connectivity index (χ2n) is 11.4. The number of nitrogen functional groups attached to an aromatic ring is 1. The summed E-state index contributed by atoms with van der Waals surface area (Å²) in [5, 5.41) is 8.00. The average Bonchev–Trinajstić information content (AvgIpc) is 3.36. The number of nitrogens with two attached hydrogens (primary N) is 1. The van der Waals surface area contributed by atoms with Crippen LogP contribution in [0.25, 0.3) is 22.3 Å². The summed E-state index contributed by atoms with van der Waals surface area (Å²) in [6.45, 7) is 6.47. The van der Waals surface area contributed by atoms with Crippen LogP contribution in [0.4, 0.5) is 23.8 Å². The Morgan fingerprint density at radius 2 is 1.79 bits per heavy atom. The molecule has 0 bridgehead atoms. The first kappa shape index (κ1) is 29.8. The molecule has 3 heterocycles. The first-order chi connectivity index (χ1) is 20.3. The van der Waals surface area contributed by atoms with Crippen molar-refractivity contribution in [2.75, 3.05) is 18.8 Å². The van der Waals surface area contributed by atoms with E-state index in [1.54, 1.807) is 33.8 Å². The van der Waals surface area contributed by atoms with Crippen molar-refractivity contribution >= 4 is 28.9 Å². The van der Waals surface area contributed by atoms with Gasteiger partial charge in [-0.1, -0.05) is 36.4 Å². The fourth-order valence-electron chi connectivity index (χ4n) is 5.09. The lowest BCUT2D eigenvalue weighted by Crippen LogP contribution is -2.43. The molecule has 10 nitrogen and oxygen atoms in total. The fraction of sp³-hybridized carbons (Fsp3) is 0.367. The van der Waals surface area contributed by atoms with Gasteiger partial charge in [0.25, 0.3) is 5.91 Å². The maximum atomic E-state index is 13.3. The average molecular weight is 596 g/mol. The van der Waals surface area contributed by atoms with Crippen LogP contribution in [0.2, 0.25) is 0 Å². The molecular formula is C30H32F3N7O3. The van der Waals surface area contributed by atoms with Crippen LogP contribution in [-0.4, -0.2) is 55.3 Å². The largest absolute Gasteiger partial charge is 0.444 e. The van der Waals surface area contributed by atoms with Gasteiger partial charge >= 0.3 is 12.3 Å². The van der Waals surface area contributed by atoms with Crippen LogP contribution in [0.3, 0.4) is 0 Å². The highest BCUT2D eigenvalue weighted by molar-refractivity contribution is 5.98. The highest BCUT2D eigenvalue weighted by atomic mass is 19.4. The Morgan fingerprint density at radius 1 is 1.07 bits per heavy atom. The molecule has 1 aliphatic heterocycles. The smallest absolute Gasteiger partial charge is 0.417 e. The Balaban J connectivity index is 1.36. The predicted molar refractivity (Wildman–Crippen MR) is 154 cm³/mol. The van der Waals surface area contributed by atoms with Crippen molar-refractivity contribution in [3.63, 3.8) is 0 Å². The van der Waals surface area contributed by atoms with Gasteiger partial charge < -0.3 is 20.7 Å². The van der Waals surface area contributed by atoms with Crippen LogP contribution in [0.15, 0.2) is 54.9 Å². The number of fused-ring (bicyclic) bond motifs is 1. The number of amides is 2. The molecule has 3 N–H and O–H groups in total. The molecule has 43 heavy (non-hydrogen) atoms. The van der Waals surface area contributed by atoms with Crippen molar-refractivity contribution in [3.05, 3.63) is 71.5 Å². The van der Waals surface area contributed by atoms with Crippen molar-refractivity contribution in [1.29, 1.82) is 0 Å². The summed E-state index contributed by atoms with van der Waals surface area (Å²) in [7, 11) is 0. The number of carbonyl (C=O) groups excluding carboxylic acids is 2. The molecule has 0 radical (unpaired) electrons. The van der Waals surface area contributed by atoms with Gasteiger partial charge in [0, 0.05) is 25.2 Å². The molecule has 2 amide bonds. The lowest BCUT2D eigenvalue weighted by Gasteiger charge is -2.34. The molecular weight excluding hydrogens is 563 g/mol. The Hall–Kier alpha value is -4.68. The lowest BCUT2D eigenvalue weighted by atomic mass is 10.1. The van der Waals surface area contributed by atoms with Gasteiger partial charge in [-0.15, -0.1) is 0 Å². The van der Waals surface area contributed by atoms with E-state index in [0.717, 1.165) is 25.0 Å². The summed E-state index contributed by atoms with van der Waals surface area (Å²) in [5.41, 5.74) is 6.72. The summed E-state index contributed by atoms with van der Waals surface area (Å²) in [6, 6.07) is 11.6. The third kappa shape index (κ3) is 6.55. The summed E-state index contributed by atoms with van der Waals surface area (Å²) in [5.74, 6) is -0.565. The standard InChI is InChI=1S/C30H32F3N7O3/c1-29(2,3)43-28(42)39-14-6-7-20(16-39)40-26-23(25(34)36-17-37-26)24(38-40)19-12-10-18(11-13-19)15-35-27(41)21-8-4-5-9-22(21)30(31,32)33/h4-5,8-13,17,20H,6-7,14-16H2,1-3H3,(H,35,41)(H2,34,36,37)/t20-/m1/s1. The van der Waals surface area contributed by atoms with Crippen LogP contribution in [0, 0.1) is 0 Å². The van der Waals surface area contributed by atoms with E-state index < -0.39 is 28.8 Å². The Kier molecular flexibility index (Phi) is 8.00. The lowest BCUT2D eigenvalue weighted by molar-refractivity contribution is -0.137. The Bertz CT molecular complexity index is 1650. The minimum Gasteiger partial charge on any atom is -0.444 e. The van der Waals surface area contributed by atoms with Crippen LogP contribution < -0.4 is 11.1 Å². The molecule has 4 aromatic rings. The first-order valence-corrected chi connectivity index (χ1v) is 13.8. The van der Waals surface area contributed by atoms with Gasteiger partial charge in [0.05, 0.1) is 22.6 Å². The highest BCUT2D eigenvalue weighted by Gasteiger charge is 2.35. The van der Waals surface area contributed by atoms with E-state index in [2.05, 4.69) is 15.3 Å². The van der Waals surface area contributed by atoms with Gasteiger partial charge in [-0.05, 0) is 51.3 Å². The molecule has 13 heteroatoms. The summed E-state index contributed by atoms with van der Waals surface area (Å²) < 4.78 is 47.3. The number of piperidine rings is 1. The van der Waals surface area contributed by atoms with E-state index in [4.69, 9.17) is 15.6 Å². The number of halogens is 3. The monoisotopic (exact) mass is 595 g/mol. The molecule has 226 valence electrons. The topological polar surface area (TPSA) is 128 Å². The number of alkyl halides is 3. The SMILES string of the molecule is CC(C)(C)OC(=O)N1CCC[C@@H](n2nc(-c3ccc(CNC(=O)c4ccccc4C(F)(F)F)cc3)c3c(N)ncnc32)C1. The van der Waals surface area contributed by atoms with Crippen LogP contribution in [-0.2, 0) is 17.5 Å². The molecule has 2 aromatic carbocycles. The molecule has 2 aromatic heterocycles. The van der Waals surface area contributed by atoms with E-state index in [0.29, 0.717) is 40.9 Å². The number of benzene rings is 2. The number of nitrogens with one attached hydrogen (secondary N) is 1. The van der Waals surface area contributed by atoms with E-state index in [1.165, 1.54) is 18.5 Å². The minimum absolute atomic E-state index is 0.0221. The number of carbonyl (C=O) groups is 2. The molecule has 1 fully saturated rings. The van der Waals surface area contributed by atoms with Gasteiger partial charge in [-0.3, -0.25) is 4.79 Å². The number of rotatable bonds is 5. The molecule has 1 aliphatic rings. The summed E-state index contributed by atoms with van der Waals surface area (Å²) in [6.07, 6.45) is -2.12. The molecule has 0 unspecified atom stereocenters. The fourth-order valence-corrected chi connectivity index (χ4v) is 5.09. The third-order valence-electron chi connectivity index (χ3n) is 7.07. The van der Waals surface area contributed by atoms with E-state index in [9.17, 15) is 22.8 Å². The molecule has 1 atom stereocenters. The van der Waals surface area contributed by atoms with Crippen molar-refractivity contribution < 1.29 is 27.5 Å². The Morgan fingerprint density at radius 3 is 2.49 bits per heavy atom. The quantitative estimate of drug-likeness (QED) is 0.308. The van der Waals surface area contributed by atoms with Gasteiger partial charge in [0.1, 0.15) is 23.4 Å². The van der Waals surface area contributed by atoms with Crippen LogP contribution >= 0.6 is 0 Å². The second-order valence-corrected chi connectivity index (χ2v) is 11.4. The van der Waals surface area contributed by atoms with Crippen molar-refractivity contribution in [2.45, 2.75) is 58.0 Å². The van der Waals surface area contributed by atoms with Gasteiger partial charge in [-0.25, -0.2) is 19.4 Å². The number of anilines is 1. The molecule has 1 saturated heterocycles. The summed E-state index contributed by atoms with van der Waals surface area (Å²) in [4.78, 5) is 35.6. The van der Waals surface area contributed by atoms with E-state index in [1.807, 2.05) is 20.8 Å². The van der Waals surface area contributed by atoms with Gasteiger partial charge in [0.2, 0.25) is 0 Å². The second kappa shape index (κ2) is 11.5. The molecule has 0 aliphatic carbocycles. The Labute approximate surface area is 246 Å². The molecule has 5 rings (SSSR count). The van der Waals surface area contributed by atoms with Gasteiger partial charge in [0.15, 0.2) is 5.65 Å². The zero-order valence-corrected chi connectivity index (χ0v) is 24.0. The van der Waals surface area contributed by atoms with Gasteiger partial charge in [-0.2, -0.15) is 18.3 Å². The van der Waals surface area contributed by atoms with Crippen molar-refractivity contribution in [2.24, 2.45) is 0 Å². The summed E-state index contributed by atoms with van der Waals surface area (Å²) >= 11 is 0. The third-order valence-corrected chi connectivity index (χ3v) is 7.07. The van der Waals surface area contributed by atoms with E-state index in [-0.39, 0.29) is 24.5 Å².